The average molecular weight is 445 g/mol. The van der Waals surface area contributed by atoms with Gasteiger partial charge in [0, 0.05) is 26.2 Å². The van der Waals surface area contributed by atoms with Gasteiger partial charge < -0.3 is 20.3 Å². The van der Waals surface area contributed by atoms with Gasteiger partial charge >= 0.3 is 0 Å². The van der Waals surface area contributed by atoms with Crippen molar-refractivity contribution in [1.82, 2.24) is 4.31 Å². The lowest BCUT2D eigenvalue weighted by molar-refractivity contribution is -0.128. The Morgan fingerprint density at radius 2 is 1.58 bits per heavy atom. The predicted octanol–water partition coefficient (Wildman–Crippen LogP) is 1.73. The van der Waals surface area contributed by atoms with Crippen LogP contribution in [0.15, 0.2) is 47.4 Å². The minimum Gasteiger partial charge on any atom is -0.495 e. The molecule has 164 valence electrons. The van der Waals surface area contributed by atoms with Crippen LogP contribution in [0.2, 0.25) is 0 Å². The molecule has 2 heterocycles. The molecule has 2 N–H and O–H groups in total. The molecule has 4 rings (SSSR count). The van der Waals surface area contributed by atoms with E-state index < -0.39 is 27.8 Å². The predicted molar refractivity (Wildman–Crippen MR) is 117 cm³/mol. The lowest BCUT2D eigenvalue weighted by Crippen LogP contribution is -2.48. The van der Waals surface area contributed by atoms with Crippen molar-refractivity contribution in [2.75, 3.05) is 48.8 Å². The Hall–Kier alpha value is -3.11. The van der Waals surface area contributed by atoms with Gasteiger partial charge in [0.05, 0.1) is 29.1 Å². The second kappa shape index (κ2) is 8.20. The quantitative estimate of drug-likeness (QED) is 0.696. The number of nitrogens with one attached hydrogen (secondary N) is 2. The van der Waals surface area contributed by atoms with Crippen molar-refractivity contribution in [2.24, 2.45) is 5.92 Å². The Kier molecular flexibility index (Phi) is 5.59. The molecule has 2 amide bonds. The van der Waals surface area contributed by atoms with E-state index in [2.05, 4.69) is 15.5 Å². The molecule has 2 aliphatic heterocycles. The fourth-order valence-electron chi connectivity index (χ4n) is 3.71. The van der Waals surface area contributed by atoms with Crippen LogP contribution in [-0.4, -0.2) is 57.8 Å². The number of hydrogen-bond acceptors (Lipinski definition) is 6. The first kappa shape index (κ1) is 21.1. The van der Waals surface area contributed by atoms with Crippen LogP contribution < -0.4 is 20.3 Å². The van der Waals surface area contributed by atoms with Crippen LogP contribution in [0.3, 0.4) is 0 Å². The van der Waals surface area contributed by atoms with E-state index in [9.17, 15) is 18.0 Å². The van der Waals surface area contributed by atoms with Crippen molar-refractivity contribution >= 4 is 38.9 Å². The van der Waals surface area contributed by atoms with Gasteiger partial charge in [-0.25, -0.2) is 8.42 Å². The van der Waals surface area contributed by atoms with Crippen molar-refractivity contribution in [1.29, 1.82) is 0 Å². The minimum absolute atomic E-state index is 0.0705. The number of fused-ring (bicyclic) bond motifs is 1. The highest BCUT2D eigenvalue weighted by Gasteiger charge is 2.32. The highest BCUT2D eigenvalue weighted by atomic mass is 32.2. The monoisotopic (exact) mass is 444 g/mol. The molecule has 0 saturated carbocycles. The Morgan fingerprint density at radius 1 is 0.935 bits per heavy atom. The maximum atomic E-state index is 13.2. The number of anilines is 3. The lowest BCUT2D eigenvalue weighted by Gasteiger charge is -2.36. The van der Waals surface area contributed by atoms with Crippen LogP contribution in [0.1, 0.15) is 6.92 Å². The molecule has 2 aliphatic rings. The summed E-state index contributed by atoms with van der Waals surface area (Å²) in [6, 6.07) is 12.0. The number of ether oxygens (including phenoxy) is 1. The molecule has 0 aromatic heterocycles. The molecule has 9 nitrogen and oxygen atoms in total. The summed E-state index contributed by atoms with van der Waals surface area (Å²) in [5, 5.41) is 5.28. The molecule has 1 atom stereocenters. The largest absolute Gasteiger partial charge is 0.495 e. The van der Waals surface area contributed by atoms with Gasteiger partial charge in [-0.15, -0.1) is 0 Å². The number of piperazine rings is 1. The number of benzene rings is 2. The number of methoxy groups -OCH3 is 1. The van der Waals surface area contributed by atoms with Gasteiger partial charge in [-0.3, -0.25) is 9.59 Å². The highest BCUT2D eigenvalue weighted by molar-refractivity contribution is 7.89. The van der Waals surface area contributed by atoms with E-state index in [-0.39, 0.29) is 10.6 Å². The summed E-state index contributed by atoms with van der Waals surface area (Å²) in [7, 11) is -2.15. The third-order valence-corrected chi connectivity index (χ3v) is 7.49. The van der Waals surface area contributed by atoms with Crippen molar-refractivity contribution < 1.29 is 22.7 Å². The molecule has 2 aromatic carbocycles. The molecule has 0 spiro atoms. The lowest BCUT2D eigenvalue weighted by atomic mass is 10.1. The van der Waals surface area contributed by atoms with Gasteiger partial charge in [0.2, 0.25) is 21.8 Å². The van der Waals surface area contributed by atoms with Gasteiger partial charge in [0.25, 0.3) is 0 Å². The van der Waals surface area contributed by atoms with Crippen molar-refractivity contribution in [3.63, 3.8) is 0 Å². The van der Waals surface area contributed by atoms with Gasteiger partial charge in [0.15, 0.2) is 0 Å². The number of rotatable bonds is 4. The summed E-state index contributed by atoms with van der Waals surface area (Å²) in [5.41, 5.74) is 1.58. The number of carbonyl (C=O) groups is 2. The van der Waals surface area contributed by atoms with Gasteiger partial charge in [0.1, 0.15) is 11.7 Å². The first-order valence-electron chi connectivity index (χ1n) is 9.95. The van der Waals surface area contributed by atoms with Crippen molar-refractivity contribution in [2.45, 2.75) is 11.8 Å². The number of carbonyl (C=O) groups excluding carboxylic acids is 2. The molecule has 0 radical (unpaired) electrons. The van der Waals surface area contributed by atoms with Crippen LogP contribution >= 0.6 is 0 Å². The van der Waals surface area contributed by atoms with E-state index in [1.54, 1.807) is 7.11 Å². The van der Waals surface area contributed by atoms with Crippen LogP contribution in [0.5, 0.6) is 5.75 Å². The zero-order chi connectivity index (χ0) is 22.2. The summed E-state index contributed by atoms with van der Waals surface area (Å²) in [6.07, 6.45) is 0. The fraction of sp³-hybridized carbons (Fsp3) is 0.333. The minimum atomic E-state index is -3.76. The van der Waals surface area contributed by atoms with Gasteiger partial charge in [-0.05, 0) is 37.3 Å². The van der Waals surface area contributed by atoms with E-state index in [1.807, 2.05) is 24.3 Å². The third-order valence-electron chi connectivity index (χ3n) is 5.60. The van der Waals surface area contributed by atoms with Crippen molar-refractivity contribution in [3.05, 3.63) is 42.5 Å². The zero-order valence-electron chi connectivity index (χ0n) is 17.3. The summed E-state index contributed by atoms with van der Waals surface area (Å²) in [5.74, 6) is -1.03. The highest BCUT2D eigenvalue weighted by Crippen LogP contribution is 2.32. The summed E-state index contributed by atoms with van der Waals surface area (Å²) in [6.45, 7) is 3.17. The Bertz CT molecular complexity index is 1130. The Labute approximate surface area is 181 Å². The third kappa shape index (κ3) is 3.96. The maximum absolute atomic E-state index is 13.2. The summed E-state index contributed by atoms with van der Waals surface area (Å²) < 4.78 is 33.3. The normalized spacial score (nSPS) is 19.8. The molecule has 1 fully saturated rings. The average Bonchev–Trinajstić information content (AvgIpc) is 2.89. The number of hydrogen-bond donors (Lipinski definition) is 2. The molecule has 31 heavy (non-hydrogen) atoms. The van der Waals surface area contributed by atoms with Crippen LogP contribution in [0, 0.1) is 5.92 Å². The molecule has 0 bridgehead atoms. The van der Waals surface area contributed by atoms with Crippen LogP contribution in [0.25, 0.3) is 0 Å². The number of sulfonamides is 1. The molecular weight excluding hydrogens is 420 g/mol. The van der Waals surface area contributed by atoms with E-state index in [4.69, 9.17) is 4.74 Å². The van der Waals surface area contributed by atoms with E-state index >= 15 is 0 Å². The molecule has 10 heteroatoms. The summed E-state index contributed by atoms with van der Waals surface area (Å²) in [4.78, 5) is 26.3. The van der Waals surface area contributed by atoms with E-state index in [0.29, 0.717) is 31.9 Å². The first-order chi connectivity index (χ1) is 14.8. The van der Waals surface area contributed by atoms with E-state index in [1.165, 1.54) is 29.4 Å². The number of para-hydroxylation sites is 2. The zero-order valence-corrected chi connectivity index (χ0v) is 18.1. The van der Waals surface area contributed by atoms with Crippen LogP contribution in [0.4, 0.5) is 17.1 Å². The van der Waals surface area contributed by atoms with Crippen LogP contribution in [-0.2, 0) is 19.6 Å². The second-order valence-electron chi connectivity index (χ2n) is 7.47. The maximum Gasteiger partial charge on any atom is 0.243 e. The Balaban J connectivity index is 1.53. The second-order valence-corrected chi connectivity index (χ2v) is 9.41. The van der Waals surface area contributed by atoms with E-state index in [0.717, 1.165) is 11.4 Å². The molecule has 2 aromatic rings. The topological polar surface area (TPSA) is 108 Å². The SMILES string of the molecule is COc1ccccc1N1CCN(S(=O)(=O)c2ccc3c(c2)NC(=O)C(C)C(=O)N3)CC1. The smallest absolute Gasteiger partial charge is 0.243 e. The standard InChI is InChI=1S/C21H24N4O5S/c1-14-20(26)22-16-8-7-15(13-17(16)23-21(14)27)31(28,29)25-11-9-24(10-12-25)18-5-3-4-6-19(18)30-2/h3-8,13-14H,9-12H2,1-2H3,(H,22,26)(H,23,27). The number of nitrogens with zero attached hydrogens (tertiary/aromatic N) is 2. The Morgan fingerprint density at radius 3 is 2.26 bits per heavy atom. The first-order valence-corrected chi connectivity index (χ1v) is 11.4. The van der Waals surface area contributed by atoms with Gasteiger partial charge in [-0.2, -0.15) is 4.31 Å². The summed E-state index contributed by atoms with van der Waals surface area (Å²) >= 11 is 0. The number of amides is 2. The van der Waals surface area contributed by atoms with Crippen molar-refractivity contribution in [3.8, 4) is 5.75 Å². The molecular formula is C21H24N4O5S. The van der Waals surface area contributed by atoms with Gasteiger partial charge in [-0.1, -0.05) is 12.1 Å². The fourth-order valence-corrected chi connectivity index (χ4v) is 5.16. The molecule has 1 unspecified atom stereocenters. The molecule has 1 saturated heterocycles. The molecule has 0 aliphatic carbocycles.